The summed E-state index contributed by atoms with van der Waals surface area (Å²) in [6.07, 6.45) is 11.3. The lowest BCUT2D eigenvalue weighted by Crippen LogP contribution is -2.32. The van der Waals surface area contributed by atoms with E-state index in [2.05, 4.69) is 20.8 Å². The quantitative estimate of drug-likeness (QED) is 0.0878. The number of carbonyl (C=O) groups is 3. The Labute approximate surface area is 212 Å². The standard InChI is InChI=1S/C27H51O7P/c1-4-7-10-13-16-22(19-25(28)29)35(34,23(20-26(30)31)17-14-11-8-5-2)24(21-27(32)33)18-15-12-9-6-3/h22-24H,4-21H2,1-3H3,(H,28,29)(H,30,31)(H,32,33). The van der Waals surface area contributed by atoms with Crippen LogP contribution in [0.25, 0.3) is 0 Å². The third-order valence-electron chi connectivity index (χ3n) is 7.12. The molecule has 0 aliphatic heterocycles. The average molecular weight is 519 g/mol. The highest BCUT2D eigenvalue weighted by molar-refractivity contribution is 7.66. The van der Waals surface area contributed by atoms with Crippen molar-refractivity contribution in [2.45, 2.75) is 153 Å². The van der Waals surface area contributed by atoms with Gasteiger partial charge < -0.3 is 19.9 Å². The van der Waals surface area contributed by atoms with Crippen LogP contribution in [0.2, 0.25) is 0 Å². The third kappa shape index (κ3) is 14.1. The van der Waals surface area contributed by atoms with E-state index >= 15 is 4.57 Å². The minimum atomic E-state index is -3.50. The lowest BCUT2D eigenvalue weighted by molar-refractivity contribution is -0.137. The number of hydrogen-bond acceptors (Lipinski definition) is 4. The molecule has 7 nitrogen and oxygen atoms in total. The molecule has 0 bridgehead atoms. The van der Waals surface area contributed by atoms with Crippen LogP contribution in [0.15, 0.2) is 0 Å². The van der Waals surface area contributed by atoms with E-state index in [1.165, 1.54) is 0 Å². The second kappa shape index (κ2) is 19.8. The SMILES string of the molecule is CCCCCCC(CC(=O)O)P(=O)(C(CCCCCC)CC(=O)O)C(CCCCCC)CC(=O)O. The number of aliphatic carboxylic acids is 3. The summed E-state index contributed by atoms with van der Waals surface area (Å²) in [6.45, 7) is 6.24. The highest BCUT2D eigenvalue weighted by Crippen LogP contribution is 2.66. The highest BCUT2D eigenvalue weighted by atomic mass is 31.2. The smallest absolute Gasteiger partial charge is 0.304 e. The summed E-state index contributed by atoms with van der Waals surface area (Å²) in [4.78, 5) is 35.6. The second-order valence-corrected chi connectivity index (χ2v) is 13.8. The first-order chi connectivity index (χ1) is 16.6. The molecule has 3 N–H and O–H groups in total. The molecule has 0 saturated heterocycles. The molecule has 0 saturated carbocycles. The topological polar surface area (TPSA) is 129 Å². The molecule has 0 amide bonds. The molecule has 0 rings (SSSR count). The van der Waals surface area contributed by atoms with E-state index in [-0.39, 0.29) is 19.3 Å². The van der Waals surface area contributed by atoms with Crippen LogP contribution in [0.3, 0.4) is 0 Å². The van der Waals surface area contributed by atoms with Gasteiger partial charge in [-0.1, -0.05) is 97.8 Å². The number of hydrogen-bond donors (Lipinski definition) is 3. The number of carboxylic acids is 3. The van der Waals surface area contributed by atoms with Crippen molar-refractivity contribution in [3.05, 3.63) is 0 Å². The third-order valence-corrected chi connectivity index (χ3v) is 11.9. The van der Waals surface area contributed by atoms with Crippen molar-refractivity contribution in [2.24, 2.45) is 0 Å². The molecular formula is C27H51O7P. The summed E-state index contributed by atoms with van der Waals surface area (Å²) in [7, 11) is -3.50. The zero-order valence-electron chi connectivity index (χ0n) is 22.4. The molecule has 3 atom stereocenters. The molecule has 3 unspecified atom stereocenters. The summed E-state index contributed by atoms with van der Waals surface area (Å²) in [5.41, 5.74) is -2.03. The van der Waals surface area contributed by atoms with Crippen LogP contribution in [0.1, 0.15) is 136 Å². The zero-order chi connectivity index (χ0) is 26.7. The number of carboxylic acid groups (broad SMARTS) is 3. The molecule has 206 valence electrons. The van der Waals surface area contributed by atoms with Crippen LogP contribution >= 0.6 is 7.14 Å². The minimum absolute atomic E-state index is 0.292. The van der Waals surface area contributed by atoms with Gasteiger partial charge in [-0.15, -0.1) is 0 Å². The van der Waals surface area contributed by atoms with Gasteiger partial charge in [0.25, 0.3) is 0 Å². The van der Waals surface area contributed by atoms with Gasteiger partial charge in [-0.2, -0.15) is 0 Å². The first kappa shape index (κ1) is 33.6. The molecule has 0 spiro atoms. The molecule has 0 aliphatic rings. The molecule has 0 fully saturated rings. The predicted octanol–water partition coefficient (Wildman–Crippen LogP) is 7.79. The van der Waals surface area contributed by atoms with E-state index in [1.807, 2.05) is 0 Å². The summed E-state index contributed by atoms with van der Waals surface area (Å²) in [5.74, 6) is -3.15. The van der Waals surface area contributed by atoms with Crippen LogP contribution in [0.4, 0.5) is 0 Å². The molecule has 0 aliphatic carbocycles. The summed E-state index contributed by atoms with van der Waals surface area (Å²) in [5, 5.41) is 29.1. The van der Waals surface area contributed by atoms with Gasteiger partial charge in [0.2, 0.25) is 0 Å². The van der Waals surface area contributed by atoms with Crippen molar-refractivity contribution in [2.75, 3.05) is 0 Å². The van der Waals surface area contributed by atoms with Crippen LogP contribution < -0.4 is 0 Å². The second-order valence-electron chi connectivity index (χ2n) is 10.1. The van der Waals surface area contributed by atoms with Gasteiger partial charge in [-0.25, -0.2) is 0 Å². The van der Waals surface area contributed by atoms with Gasteiger partial charge in [-0.05, 0) is 19.3 Å². The van der Waals surface area contributed by atoms with Crippen molar-refractivity contribution in [1.82, 2.24) is 0 Å². The first-order valence-corrected chi connectivity index (χ1v) is 15.8. The van der Waals surface area contributed by atoms with Gasteiger partial charge in [0.15, 0.2) is 0 Å². The first-order valence-electron chi connectivity index (χ1n) is 13.9. The Morgan fingerprint density at radius 2 is 0.771 bits per heavy atom. The maximum atomic E-state index is 15.1. The fourth-order valence-electron chi connectivity index (χ4n) is 5.26. The Bertz CT molecular complexity index is 564. The van der Waals surface area contributed by atoms with Gasteiger partial charge >= 0.3 is 17.9 Å². The molecular weight excluding hydrogens is 467 g/mol. The van der Waals surface area contributed by atoms with Gasteiger partial charge in [0.1, 0.15) is 0 Å². The van der Waals surface area contributed by atoms with Crippen molar-refractivity contribution in [3.63, 3.8) is 0 Å². The van der Waals surface area contributed by atoms with E-state index < -0.39 is 42.0 Å². The van der Waals surface area contributed by atoms with Crippen molar-refractivity contribution < 1.29 is 34.3 Å². The highest BCUT2D eigenvalue weighted by Gasteiger charge is 2.47. The molecule has 0 heterocycles. The van der Waals surface area contributed by atoms with E-state index in [1.54, 1.807) is 0 Å². The molecule has 0 aromatic carbocycles. The van der Waals surface area contributed by atoms with Crippen molar-refractivity contribution in [1.29, 1.82) is 0 Å². The molecule has 0 aromatic heterocycles. The van der Waals surface area contributed by atoms with E-state index in [9.17, 15) is 29.7 Å². The summed E-state index contributed by atoms with van der Waals surface area (Å²) in [6, 6.07) is 0. The molecule has 35 heavy (non-hydrogen) atoms. The van der Waals surface area contributed by atoms with E-state index in [0.717, 1.165) is 77.0 Å². The Hall–Kier alpha value is -1.36. The van der Waals surface area contributed by atoms with E-state index in [0.29, 0.717) is 19.3 Å². The van der Waals surface area contributed by atoms with Gasteiger partial charge in [0, 0.05) is 17.0 Å². The van der Waals surface area contributed by atoms with Crippen LogP contribution in [0, 0.1) is 0 Å². The van der Waals surface area contributed by atoms with Crippen LogP contribution in [0.5, 0.6) is 0 Å². The molecule has 8 heteroatoms. The normalized spacial score (nSPS) is 15.7. The zero-order valence-corrected chi connectivity index (χ0v) is 23.3. The van der Waals surface area contributed by atoms with Gasteiger partial charge in [0.05, 0.1) is 26.4 Å². The number of unbranched alkanes of at least 4 members (excludes halogenated alkanes) is 9. The average Bonchev–Trinajstić information content (AvgIpc) is 2.78. The Kier molecular flexibility index (Phi) is 19.0. The van der Waals surface area contributed by atoms with Crippen LogP contribution in [-0.2, 0) is 18.9 Å². The Balaban J connectivity index is 6.36. The fraction of sp³-hybridized carbons (Fsp3) is 0.889. The molecule has 0 radical (unpaired) electrons. The van der Waals surface area contributed by atoms with Crippen LogP contribution in [-0.4, -0.2) is 50.2 Å². The number of rotatable bonds is 24. The summed E-state index contributed by atoms with van der Waals surface area (Å²) < 4.78 is 15.1. The van der Waals surface area contributed by atoms with Gasteiger partial charge in [-0.3, -0.25) is 14.4 Å². The largest absolute Gasteiger partial charge is 0.481 e. The lowest BCUT2D eigenvalue weighted by Gasteiger charge is -2.39. The Morgan fingerprint density at radius 3 is 0.971 bits per heavy atom. The predicted molar refractivity (Wildman–Crippen MR) is 142 cm³/mol. The summed E-state index contributed by atoms with van der Waals surface area (Å²) >= 11 is 0. The maximum Gasteiger partial charge on any atom is 0.304 e. The fourth-order valence-corrected chi connectivity index (χ4v) is 10.1. The molecule has 0 aromatic rings. The Morgan fingerprint density at radius 1 is 0.514 bits per heavy atom. The van der Waals surface area contributed by atoms with Crippen molar-refractivity contribution in [3.8, 4) is 0 Å². The maximum absolute atomic E-state index is 15.1. The minimum Gasteiger partial charge on any atom is -0.481 e. The van der Waals surface area contributed by atoms with E-state index in [4.69, 9.17) is 0 Å². The van der Waals surface area contributed by atoms with Crippen molar-refractivity contribution >= 4 is 25.0 Å². The lowest BCUT2D eigenvalue weighted by atomic mass is 10.1. The monoisotopic (exact) mass is 518 g/mol.